The first-order valence-corrected chi connectivity index (χ1v) is 13.0. The summed E-state index contributed by atoms with van der Waals surface area (Å²) in [6.45, 7) is 6.85. The quantitative estimate of drug-likeness (QED) is 0.174. The molecule has 0 aliphatic rings. The molecule has 0 radical (unpaired) electrons. The average molecular weight is 412 g/mol. The van der Waals surface area contributed by atoms with Crippen molar-refractivity contribution in [3.8, 4) is 0 Å². The van der Waals surface area contributed by atoms with Gasteiger partial charge in [0.25, 0.3) is 5.82 Å². The molecule has 2 rings (SSSR count). The second-order valence-electron chi connectivity index (χ2n) is 9.01. The van der Waals surface area contributed by atoms with E-state index in [-0.39, 0.29) is 0 Å². The number of imidazole rings is 1. The first-order valence-electron chi connectivity index (χ1n) is 13.0. The van der Waals surface area contributed by atoms with Gasteiger partial charge in [-0.05, 0) is 24.8 Å². The van der Waals surface area contributed by atoms with E-state index < -0.39 is 0 Å². The summed E-state index contributed by atoms with van der Waals surface area (Å²) in [7, 11) is 0. The zero-order valence-corrected chi connectivity index (χ0v) is 20.0. The number of benzene rings is 1. The second-order valence-corrected chi connectivity index (χ2v) is 9.01. The Morgan fingerprint density at radius 3 is 1.80 bits per heavy atom. The SMILES string of the molecule is CCCCCCCCCCCCCCC[n+]1ccn(CCC)c1Cc1ccccc1. The van der Waals surface area contributed by atoms with Gasteiger partial charge in [0, 0.05) is 0 Å². The van der Waals surface area contributed by atoms with Gasteiger partial charge in [-0.25, -0.2) is 9.13 Å². The molecule has 1 heterocycles. The van der Waals surface area contributed by atoms with Crippen LogP contribution < -0.4 is 4.57 Å². The molecule has 0 saturated heterocycles. The van der Waals surface area contributed by atoms with Crippen LogP contribution in [0.25, 0.3) is 0 Å². The van der Waals surface area contributed by atoms with Crippen molar-refractivity contribution in [2.24, 2.45) is 0 Å². The van der Waals surface area contributed by atoms with Gasteiger partial charge in [-0.15, -0.1) is 0 Å². The number of rotatable bonds is 18. The van der Waals surface area contributed by atoms with Crippen molar-refractivity contribution in [3.63, 3.8) is 0 Å². The number of unbranched alkanes of at least 4 members (excludes halogenated alkanes) is 12. The monoisotopic (exact) mass is 411 g/mol. The normalized spacial score (nSPS) is 11.3. The first-order chi connectivity index (χ1) is 14.8. The van der Waals surface area contributed by atoms with Crippen molar-refractivity contribution in [1.29, 1.82) is 0 Å². The summed E-state index contributed by atoms with van der Waals surface area (Å²) < 4.78 is 4.95. The minimum atomic E-state index is 1.03. The van der Waals surface area contributed by atoms with Gasteiger partial charge in [0.15, 0.2) is 0 Å². The lowest BCUT2D eigenvalue weighted by Crippen LogP contribution is -2.37. The highest BCUT2D eigenvalue weighted by molar-refractivity contribution is 5.18. The summed E-state index contributed by atoms with van der Waals surface area (Å²) in [6, 6.07) is 10.9. The van der Waals surface area contributed by atoms with Crippen molar-refractivity contribution < 1.29 is 4.57 Å². The Balaban J connectivity index is 1.59. The van der Waals surface area contributed by atoms with Gasteiger partial charge in [-0.1, -0.05) is 115 Å². The smallest absolute Gasteiger partial charge is 0.234 e. The van der Waals surface area contributed by atoms with Crippen LogP contribution in [0.3, 0.4) is 0 Å². The van der Waals surface area contributed by atoms with E-state index in [1.54, 1.807) is 0 Å². The van der Waals surface area contributed by atoms with E-state index in [0.717, 1.165) is 19.5 Å². The molecule has 1 aromatic carbocycles. The van der Waals surface area contributed by atoms with Crippen LogP contribution in [0, 0.1) is 0 Å². The molecule has 0 fully saturated rings. The Labute approximate surface area is 186 Å². The summed E-state index contributed by atoms with van der Waals surface area (Å²) in [4.78, 5) is 0. The minimum Gasteiger partial charge on any atom is -0.234 e. The molecular formula is C28H47N2+. The molecule has 0 amide bonds. The predicted molar refractivity (Wildman–Crippen MR) is 130 cm³/mol. The lowest BCUT2D eigenvalue weighted by atomic mass is 10.0. The summed E-state index contributed by atoms with van der Waals surface area (Å²) in [5, 5.41) is 0. The molecule has 0 atom stereocenters. The molecule has 0 unspecified atom stereocenters. The number of hydrogen-bond acceptors (Lipinski definition) is 0. The van der Waals surface area contributed by atoms with Crippen molar-refractivity contribution >= 4 is 0 Å². The Morgan fingerprint density at radius 1 is 0.667 bits per heavy atom. The summed E-state index contributed by atoms with van der Waals surface area (Å²) in [5.41, 5.74) is 1.41. The Hall–Kier alpha value is -1.57. The highest BCUT2D eigenvalue weighted by atomic mass is 15.1. The van der Waals surface area contributed by atoms with Crippen LogP contribution in [-0.4, -0.2) is 4.57 Å². The third-order valence-corrected chi connectivity index (χ3v) is 6.26. The molecule has 2 heteroatoms. The molecule has 0 aliphatic heterocycles. The van der Waals surface area contributed by atoms with Crippen LogP contribution in [0.15, 0.2) is 42.7 Å². The zero-order chi connectivity index (χ0) is 21.3. The van der Waals surface area contributed by atoms with Gasteiger partial charge in [0.05, 0.1) is 19.5 Å². The maximum atomic E-state index is 2.50. The summed E-state index contributed by atoms with van der Waals surface area (Å²) in [5.74, 6) is 1.46. The van der Waals surface area contributed by atoms with E-state index in [2.05, 4.69) is 65.7 Å². The third-order valence-electron chi connectivity index (χ3n) is 6.26. The molecule has 1 aromatic heterocycles. The van der Waals surface area contributed by atoms with Crippen molar-refractivity contribution in [3.05, 3.63) is 54.1 Å². The van der Waals surface area contributed by atoms with E-state index in [4.69, 9.17) is 0 Å². The van der Waals surface area contributed by atoms with E-state index in [0.29, 0.717) is 0 Å². The fourth-order valence-electron chi connectivity index (χ4n) is 4.43. The van der Waals surface area contributed by atoms with Crippen LogP contribution in [0.4, 0.5) is 0 Å². The molecule has 168 valence electrons. The molecular weight excluding hydrogens is 364 g/mol. The average Bonchev–Trinajstić information content (AvgIpc) is 3.13. The molecule has 2 nitrogen and oxygen atoms in total. The zero-order valence-electron chi connectivity index (χ0n) is 20.0. The predicted octanol–water partition coefficient (Wildman–Crippen LogP) is 7.87. The Bertz CT molecular complexity index is 644. The largest absolute Gasteiger partial charge is 0.260 e. The standard InChI is InChI=1S/C28H47N2/c1-3-5-6-7-8-9-10-11-12-13-14-15-19-23-30-25-24-29(22-4-2)28(30)26-27-20-17-16-18-21-27/h16-18,20-21,24-25H,3-15,19,22-23,26H2,1-2H3/q+1. The number of hydrogen-bond donors (Lipinski definition) is 0. The first kappa shape index (κ1) is 24.7. The molecule has 0 bridgehead atoms. The van der Waals surface area contributed by atoms with Crippen molar-refractivity contribution in [2.75, 3.05) is 0 Å². The fourth-order valence-corrected chi connectivity index (χ4v) is 4.43. The van der Waals surface area contributed by atoms with Crippen LogP contribution in [-0.2, 0) is 19.5 Å². The fraction of sp³-hybridized carbons (Fsp3) is 0.679. The van der Waals surface area contributed by atoms with Crippen LogP contribution in [0.1, 0.15) is 115 Å². The van der Waals surface area contributed by atoms with E-state index in [9.17, 15) is 0 Å². The third kappa shape index (κ3) is 9.96. The van der Waals surface area contributed by atoms with Crippen molar-refractivity contribution in [2.45, 2.75) is 123 Å². The van der Waals surface area contributed by atoms with E-state index >= 15 is 0 Å². The molecule has 2 aromatic rings. The topological polar surface area (TPSA) is 8.81 Å². The van der Waals surface area contributed by atoms with Gasteiger partial charge in [-0.2, -0.15) is 0 Å². The van der Waals surface area contributed by atoms with Crippen LogP contribution >= 0.6 is 0 Å². The number of aryl methyl sites for hydroxylation is 2. The van der Waals surface area contributed by atoms with Gasteiger partial charge < -0.3 is 0 Å². The summed E-state index contributed by atoms with van der Waals surface area (Å²) in [6.07, 6.45) is 25.3. The Morgan fingerprint density at radius 2 is 1.23 bits per heavy atom. The van der Waals surface area contributed by atoms with Gasteiger partial charge >= 0.3 is 0 Å². The van der Waals surface area contributed by atoms with Crippen LogP contribution in [0.5, 0.6) is 0 Å². The lowest BCUT2D eigenvalue weighted by molar-refractivity contribution is -0.703. The lowest BCUT2D eigenvalue weighted by Gasteiger charge is -2.06. The van der Waals surface area contributed by atoms with E-state index in [1.807, 2.05) is 0 Å². The molecule has 0 N–H and O–H groups in total. The highest BCUT2D eigenvalue weighted by Crippen LogP contribution is 2.13. The number of aromatic nitrogens is 2. The van der Waals surface area contributed by atoms with Crippen LogP contribution in [0.2, 0.25) is 0 Å². The van der Waals surface area contributed by atoms with Gasteiger partial charge in [0.1, 0.15) is 12.4 Å². The van der Waals surface area contributed by atoms with E-state index in [1.165, 1.54) is 101 Å². The highest BCUT2D eigenvalue weighted by Gasteiger charge is 2.16. The maximum absolute atomic E-state index is 2.50. The minimum absolute atomic E-state index is 1.03. The van der Waals surface area contributed by atoms with Gasteiger partial charge in [-0.3, -0.25) is 0 Å². The summed E-state index contributed by atoms with van der Waals surface area (Å²) >= 11 is 0. The molecule has 0 aliphatic carbocycles. The maximum Gasteiger partial charge on any atom is 0.260 e. The second kappa shape index (κ2) is 16.2. The Kier molecular flexibility index (Phi) is 13.3. The molecule has 0 saturated carbocycles. The molecule has 30 heavy (non-hydrogen) atoms. The molecule has 0 spiro atoms. The van der Waals surface area contributed by atoms with Gasteiger partial charge in [0.2, 0.25) is 0 Å². The number of nitrogens with zero attached hydrogens (tertiary/aromatic N) is 2. The van der Waals surface area contributed by atoms with Crippen molar-refractivity contribution in [1.82, 2.24) is 4.57 Å².